The van der Waals surface area contributed by atoms with E-state index in [0.29, 0.717) is 17.9 Å². The van der Waals surface area contributed by atoms with E-state index < -0.39 is 5.54 Å². The number of ether oxygens (including phenoxy) is 1. The van der Waals surface area contributed by atoms with Crippen LogP contribution in [0, 0.1) is 0 Å². The third-order valence-electron chi connectivity index (χ3n) is 3.41. The lowest BCUT2D eigenvalue weighted by Gasteiger charge is -2.33. The normalized spacial score (nSPS) is 23.7. The van der Waals surface area contributed by atoms with Gasteiger partial charge >= 0.3 is 0 Å². The van der Waals surface area contributed by atoms with E-state index in [0.717, 1.165) is 25.8 Å². The number of nitrogens with zero attached hydrogens (tertiary/aromatic N) is 1. The molecule has 4 heteroatoms. The van der Waals surface area contributed by atoms with E-state index in [-0.39, 0.29) is 5.78 Å². The number of hydrogen-bond donors (Lipinski definition) is 1. The summed E-state index contributed by atoms with van der Waals surface area (Å²) in [4.78, 5) is 16.6. The van der Waals surface area contributed by atoms with Crippen LogP contribution in [0.1, 0.15) is 43.5 Å². The number of hydrogen-bond acceptors (Lipinski definition) is 4. The van der Waals surface area contributed by atoms with Gasteiger partial charge in [-0.3, -0.25) is 9.78 Å². The highest BCUT2D eigenvalue weighted by Crippen LogP contribution is 2.24. The molecule has 1 fully saturated rings. The fourth-order valence-corrected chi connectivity index (χ4v) is 2.36. The minimum atomic E-state index is -0.454. The summed E-state index contributed by atoms with van der Waals surface area (Å²) in [6.45, 7) is 5.37. The van der Waals surface area contributed by atoms with Crippen LogP contribution in [0.25, 0.3) is 0 Å². The number of carbonyl (C=O) groups is 1. The van der Waals surface area contributed by atoms with Crippen molar-refractivity contribution in [1.82, 2.24) is 10.3 Å². The van der Waals surface area contributed by atoms with Crippen LogP contribution >= 0.6 is 0 Å². The lowest BCUT2D eigenvalue weighted by Crippen LogP contribution is -2.52. The zero-order valence-electron chi connectivity index (χ0n) is 11.0. The summed E-state index contributed by atoms with van der Waals surface area (Å²) in [6.07, 6.45) is 6.36. The van der Waals surface area contributed by atoms with Crippen LogP contribution in [0.3, 0.4) is 0 Å². The predicted octanol–water partition coefficient (Wildman–Crippen LogP) is 2.20. The van der Waals surface area contributed by atoms with Crippen LogP contribution in [0.5, 0.6) is 5.75 Å². The molecule has 1 N–H and O–H groups in total. The number of piperidine rings is 1. The van der Waals surface area contributed by atoms with Crippen molar-refractivity contribution in [3.05, 3.63) is 24.0 Å². The Morgan fingerprint density at radius 2 is 2.33 bits per heavy atom. The molecule has 1 saturated heterocycles. The topological polar surface area (TPSA) is 51.2 Å². The molecule has 1 aromatic heterocycles. The predicted molar refractivity (Wildman–Crippen MR) is 70.0 cm³/mol. The third kappa shape index (κ3) is 2.70. The molecule has 4 nitrogen and oxygen atoms in total. The highest BCUT2D eigenvalue weighted by Gasteiger charge is 2.35. The van der Waals surface area contributed by atoms with Crippen LogP contribution in [0.2, 0.25) is 0 Å². The highest BCUT2D eigenvalue weighted by molar-refractivity contribution is 6.03. The third-order valence-corrected chi connectivity index (χ3v) is 3.41. The van der Waals surface area contributed by atoms with Crippen molar-refractivity contribution in [3.63, 3.8) is 0 Å². The summed E-state index contributed by atoms with van der Waals surface area (Å²) in [6, 6.07) is 1.78. The average molecular weight is 248 g/mol. The number of Topliss-reactive ketones (excluding diaryl/α,β-unsaturated/α-hetero) is 1. The van der Waals surface area contributed by atoms with Gasteiger partial charge in [-0.05, 0) is 45.7 Å². The Balaban J connectivity index is 2.19. The first-order valence-corrected chi connectivity index (χ1v) is 6.53. The molecule has 0 amide bonds. The Bertz CT molecular complexity index is 426. The number of rotatable bonds is 4. The standard InChI is InChI=1S/C14H20N2O2/c1-3-18-12-8-11(9-15-10-12)13(17)14(2)6-4-5-7-16-14/h8-10,16H,3-7H2,1-2H3. The smallest absolute Gasteiger partial charge is 0.184 e. The number of carbonyl (C=O) groups excluding carboxylic acids is 1. The molecular weight excluding hydrogens is 228 g/mol. The van der Waals surface area contributed by atoms with E-state index in [9.17, 15) is 4.79 Å². The molecule has 1 aromatic rings. The molecule has 0 aliphatic carbocycles. The van der Waals surface area contributed by atoms with Crippen LogP contribution in [-0.4, -0.2) is 29.5 Å². The van der Waals surface area contributed by atoms with Gasteiger partial charge < -0.3 is 10.1 Å². The minimum absolute atomic E-state index is 0.108. The van der Waals surface area contributed by atoms with Crippen molar-refractivity contribution in [3.8, 4) is 5.75 Å². The molecule has 0 bridgehead atoms. The maximum atomic E-state index is 12.5. The molecule has 2 rings (SSSR count). The summed E-state index contributed by atoms with van der Waals surface area (Å²) in [5, 5.41) is 3.33. The fraction of sp³-hybridized carbons (Fsp3) is 0.571. The first-order chi connectivity index (χ1) is 8.65. The Hall–Kier alpha value is -1.42. The van der Waals surface area contributed by atoms with Gasteiger partial charge in [-0.15, -0.1) is 0 Å². The van der Waals surface area contributed by atoms with E-state index in [1.54, 1.807) is 18.5 Å². The van der Waals surface area contributed by atoms with Gasteiger partial charge in [-0.2, -0.15) is 0 Å². The summed E-state index contributed by atoms with van der Waals surface area (Å²) in [5.74, 6) is 0.763. The molecule has 18 heavy (non-hydrogen) atoms. The van der Waals surface area contributed by atoms with Gasteiger partial charge in [0.05, 0.1) is 18.3 Å². The molecular formula is C14H20N2O2. The summed E-state index contributed by atoms with van der Waals surface area (Å²) < 4.78 is 5.38. The second kappa shape index (κ2) is 5.48. The average Bonchev–Trinajstić information content (AvgIpc) is 2.39. The van der Waals surface area contributed by atoms with E-state index >= 15 is 0 Å². The monoisotopic (exact) mass is 248 g/mol. The number of nitrogens with one attached hydrogen (secondary N) is 1. The first kappa shape index (κ1) is 13.0. The maximum Gasteiger partial charge on any atom is 0.184 e. The van der Waals surface area contributed by atoms with Crippen molar-refractivity contribution in [2.24, 2.45) is 0 Å². The van der Waals surface area contributed by atoms with Gasteiger partial charge in [0, 0.05) is 11.8 Å². The van der Waals surface area contributed by atoms with E-state index in [2.05, 4.69) is 10.3 Å². The molecule has 0 radical (unpaired) electrons. The second-order valence-corrected chi connectivity index (χ2v) is 4.89. The quantitative estimate of drug-likeness (QED) is 0.830. The molecule has 0 aromatic carbocycles. The SMILES string of the molecule is CCOc1cncc(C(=O)C2(C)CCCCN2)c1. The van der Waals surface area contributed by atoms with Gasteiger partial charge in [-0.25, -0.2) is 0 Å². The molecule has 1 unspecified atom stereocenters. The van der Waals surface area contributed by atoms with Gasteiger partial charge in [0.1, 0.15) is 5.75 Å². The van der Waals surface area contributed by atoms with Crippen molar-refractivity contribution in [2.45, 2.75) is 38.6 Å². The van der Waals surface area contributed by atoms with E-state index in [1.807, 2.05) is 13.8 Å². The summed E-state index contributed by atoms with van der Waals surface area (Å²) in [5.41, 5.74) is 0.169. The Morgan fingerprint density at radius 1 is 1.50 bits per heavy atom. The largest absolute Gasteiger partial charge is 0.492 e. The summed E-state index contributed by atoms with van der Waals surface area (Å²) >= 11 is 0. The molecule has 2 heterocycles. The van der Waals surface area contributed by atoms with E-state index in [1.165, 1.54) is 0 Å². The zero-order valence-corrected chi connectivity index (χ0v) is 11.0. The molecule has 0 spiro atoms. The molecule has 98 valence electrons. The molecule has 1 atom stereocenters. The number of pyridine rings is 1. The lowest BCUT2D eigenvalue weighted by atomic mass is 9.84. The first-order valence-electron chi connectivity index (χ1n) is 6.53. The minimum Gasteiger partial charge on any atom is -0.492 e. The van der Waals surface area contributed by atoms with Crippen LogP contribution in [-0.2, 0) is 0 Å². The number of aromatic nitrogens is 1. The van der Waals surface area contributed by atoms with Crippen LogP contribution in [0.4, 0.5) is 0 Å². The molecule has 1 aliphatic rings. The Labute approximate surface area is 108 Å². The van der Waals surface area contributed by atoms with Crippen molar-refractivity contribution >= 4 is 5.78 Å². The van der Waals surface area contributed by atoms with Gasteiger partial charge in [-0.1, -0.05) is 0 Å². The molecule has 0 saturated carbocycles. The van der Waals surface area contributed by atoms with Crippen molar-refractivity contribution in [2.75, 3.05) is 13.2 Å². The van der Waals surface area contributed by atoms with Crippen molar-refractivity contribution in [1.29, 1.82) is 0 Å². The second-order valence-electron chi connectivity index (χ2n) is 4.89. The van der Waals surface area contributed by atoms with Gasteiger partial charge in [0.15, 0.2) is 5.78 Å². The lowest BCUT2D eigenvalue weighted by molar-refractivity contribution is 0.0834. The van der Waals surface area contributed by atoms with E-state index in [4.69, 9.17) is 4.74 Å². The van der Waals surface area contributed by atoms with Crippen LogP contribution in [0.15, 0.2) is 18.5 Å². The molecule has 1 aliphatic heterocycles. The zero-order chi connectivity index (χ0) is 13.0. The Morgan fingerprint density at radius 3 is 3.00 bits per heavy atom. The van der Waals surface area contributed by atoms with Crippen LogP contribution < -0.4 is 10.1 Å². The highest BCUT2D eigenvalue weighted by atomic mass is 16.5. The van der Waals surface area contributed by atoms with Crippen molar-refractivity contribution < 1.29 is 9.53 Å². The van der Waals surface area contributed by atoms with Gasteiger partial charge in [0.25, 0.3) is 0 Å². The maximum absolute atomic E-state index is 12.5. The number of ketones is 1. The van der Waals surface area contributed by atoms with Gasteiger partial charge in [0.2, 0.25) is 0 Å². The fourth-order valence-electron chi connectivity index (χ4n) is 2.36. The Kier molecular flexibility index (Phi) is 3.97. The summed E-state index contributed by atoms with van der Waals surface area (Å²) in [7, 11) is 0.